The molecule has 2 heterocycles. The predicted molar refractivity (Wildman–Crippen MR) is 102 cm³/mol. The normalized spacial score (nSPS) is 17.0. The van der Waals surface area contributed by atoms with Gasteiger partial charge in [-0.05, 0) is 57.0 Å². The molecule has 0 spiro atoms. The maximum absolute atomic E-state index is 13.2. The minimum absolute atomic E-state index is 0.362. The lowest BCUT2D eigenvalue weighted by molar-refractivity contribution is 0.268. The van der Waals surface area contributed by atoms with Crippen LogP contribution in [0.4, 0.5) is 0 Å². The summed E-state index contributed by atoms with van der Waals surface area (Å²) < 4.78 is 38.5. The van der Waals surface area contributed by atoms with Crippen LogP contribution in [-0.2, 0) is 16.6 Å². The van der Waals surface area contributed by atoms with Gasteiger partial charge in [0.05, 0.1) is 17.7 Å². The van der Waals surface area contributed by atoms with Gasteiger partial charge in [-0.1, -0.05) is 5.16 Å². The standard InChI is InChI=1S/C19H27N3O4S/c1-14-11-19(15(2)10-18(14)25-4)27(23,24)22-7-5-6-21(8-9-22)13-17-12-16(3)26-20-17/h10-12H,5-9,13H2,1-4H3. The maximum atomic E-state index is 13.2. The fourth-order valence-electron chi connectivity index (χ4n) is 3.47. The Morgan fingerprint density at radius 3 is 2.52 bits per heavy atom. The summed E-state index contributed by atoms with van der Waals surface area (Å²) in [5, 5.41) is 4.03. The summed E-state index contributed by atoms with van der Waals surface area (Å²) in [6, 6.07) is 5.42. The smallest absolute Gasteiger partial charge is 0.243 e. The van der Waals surface area contributed by atoms with Crippen LogP contribution in [0.1, 0.15) is 29.0 Å². The van der Waals surface area contributed by atoms with E-state index in [4.69, 9.17) is 9.26 Å². The fourth-order valence-corrected chi connectivity index (χ4v) is 5.23. The van der Waals surface area contributed by atoms with Gasteiger partial charge in [0, 0.05) is 32.2 Å². The van der Waals surface area contributed by atoms with Crippen LogP contribution >= 0.6 is 0 Å². The van der Waals surface area contributed by atoms with Crippen LogP contribution in [-0.4, -0.2) is 56.1 Å². The molecule has 0 N–H and O–H groups in total. The molecule has 1 aliphatic heterocycles. The Morgan fingerprint density at radius 1 is 1.07 bits per heavy atom. The van der Waals surface area contributed by atoms with E-state index in [-0.39, 0.29) is 0 Å². The molecule has 7 nitrogen and oxygen atoms in total. The highest BCUT2D eigenvalue weighted by atomic mass is 32.2. The number of rotatable bonds is 5. The van der Waals surface area contributed by atoms with Gasteiger partial charge in [0.1, 0.15) is 11.5 Å². The fraction of sp³-hybridized carbons (Fsp3) is 0.526. The molecule has 1 saturated heterocycles. The SMILES string of the molecule is COc1cc(C)c(S(=O)(=O)N2CCCN(Cc3cc(C)on3)CC2)cc1C. The van der Waals surface area contributed by atoms with Crippen LogP contribution < -0.4 is 4.74 Å². The van der Waals surface area contributed by atoms with E-state index >= 15 is 0 Å². The van der Waals surface area contributed by atoms with E-state index in [9.17, 15) is 8.42 Å². The Morgan fingerprint density at radius 2 is 1.85 bits per heavy atom. The zero-order valence-electron chi connectivity index (χ0n) is 16.4. The molecule has 0 radical (unpaired) electrons. The lowest BCUT2D eigenvalue weighted by Gasteiger charge is -2.22. The number of methoxy groups -OCH3 is 1. The second-order valence-corrected chi connectivity index (χ2v) is 8.96. The summed E-state index contributed by atoms with van der Waals surface area (Å²) in [6.07, 6.45) is 0.782. The van der Waals surface area contributed by atoms with Crippen molar-refractivity contribution >= 4 is 10.0 Å². The first-order valence-corrected chi connectivity index (χ1v) is 10.5. The number of nitrogens with zero attached hydrogens (tertiary/aromatic N) is 3. The topological polar surface area (TPSA) is 75.9 Å². The highest BCUT2D eigenvalue weighted by Gasteiger charge is 2.29. The first kappa shape index (κ1) is 19.9. The van der Waals surface area contributed by atoms with Crippen LogP contribution in [0.2, 0.25) is 0 Å². The predicted octanol–water partition coefficient (Wildman–Crippen LogP) is 2.51. The lowest BCUT2D eigenvalue weighted by Crippen LogP contribution is -2.35. The molecule has 1 aromatic heterocycles. The average Bonchev–Trinajstić information content (AvgIpc) is 2.88. The lowest BCUT2D eigenvalue weighted by atomic mass is 10.1. The molecule has 1 fully saturated rings. The molecule has 1 aliphatic rings. The molecule has 8 heteroatoms. The van der Waals surface area contributed by atoms with E-state index < -0.39 is 10.0 Å². The number of aromatic nitrogens is 1. The first-order chi connectivity index (χ1) is 12.8. The Hall–Kier alpha value is -1.90. The van der Waals surface area contributed by atoms with E-state index in [0.717, 1.165) is 30.0 Å². The molecule has 1 aromatic carbocycles. The van der Waals surface area contributed by atoms with Gasteiger partial charge in [0.25, 0.3) is 0 Å². The molecule has 27 heavy (non-hydrogen) atoms. The summed E-state index contributed by atoms with van der Waals surface area (Å²) in [6.45, 7) is 8.69. The van der Waals surface area contributed by atoms with E-state index in [0.29, 0.717) is 42.4 Å². The van der Waals surface area contributed by atoms with E-state index in [2.05, 4.69) is 10.1 Å². The number of aryl methyl sites for hydroxylation is 3. The third kappa shape index (κ3) is 4.34. The van der Waals surface area contributed by atoms with Crippen LogP contribution in [0.3, 0.4) is 0 Å². The van der Waals surface area contributed by atoms with Crippen molar-refractivity contribution in [2.75, 3.05) is 33.3 Å². The average molecular weight is 394 g/mol. The van der Waals surface area contributed by atoms with Crippen molar-refractivity contribution in [2.45, 2.75) is 38.6 Å². The summed E-state index contributed by atoms with van der Waals surface area (Å²) in [7, 11) is -1.95. The van der Waals surface area contributed by atoms with Crippen LogP contribution in [0.5, 0.6) is 5.75 Å². The van der Waals surface area contributed by atoms with Gasteiger partial charge in [0.2, 0.25) is 10.0 Å². The van der Waals surface area contributed by atoms with Crippen molar-refractivity contribution in [3.63, 3.8) is 0 Å². The molecule has 0 amide bonds. The zero-order valence-corrected chi connectivity index (χ0v) is 17.2. The Labute approximate surface area is 160 Å². The Balaban J connectivity index is 1.75. The minimum atomic E-state index is -3.54. The number of ether oxygens (including phenoxy) is 1. The molecular formula is C19H27N3O4S. The van der Waals surface area contributed by atoms with E-state index in [1.165, 1.54) is 0 Å². The number of benzene rings is 1. The number of hydrogen-bond donors (Lipinski definition) is 0. The van der Waals surface area contributed by atoms with Crippen LogP contribution in [0.15, 0.2) is 27.6 Å². The molecule has 0 saturated carbocycles. The highest BCUT2D eigenvalue weighted by Crippen LogP contribution is 2.28. The monoisotopic (exact) mass is 393 g/mol. The van der Waals surface area contributed by atoms with E-state index in [1.54, 1.807) is 23.5 Å². The van der Waals surface area contributed by atoms with Crippen LogP contribution in [0.25, 0.3) is 0 Å². The van der Waals surface area contributed by atoms with Gasteiger partial charge in [-0.15, -0.1) is 0 Å². The third-order valence-electron chi connectivity index (χ3n) is 4.92. The van der Waals surface area contributed by atoms with Gasteiger partial charge in [-0.2, -0.15) is 4.31 Å². The molecule has 0 bridgehead atoms. The zero-order chi connectivity index (χ0) is 19.6. The second kappa shape index (κ2) is 8.00. The molecule has 0 unspecified atom stereocenters. The Bertz CT molecular complexity index is 908. The maximum Gasteiger partial charge on any atom is 0.243 e. The van der Waals surface area contributed by atoms with Gasteiger partial charge >= 0.3 is 0 Å². The molecule has 0 aliphatic carbocycles. The van der Waals surface area contributed by atoms with Crippen molar-refractivity contribution in [1.29, 1.82) is 0 Å². The van der Waals surface area contributed by atoms with Crippen LogP contribution in [0, 0.1) is 20.8 Å². The molecule has 3 rings (SSSR count). The van der Waals surface area contributed by atoms with Crippen molar-refractivity contribution in [1.82, 2.24) is 14.4 Å². The summed E-state index contributed by atoms with van der Waals surface area (Å²) in [4.78, 5) is 2.58. The summed E-state index contributed by atoms with van der Waals surface area (Å²) >= 11 is 0. The van der Waals surface area contributed by atoms with Crippen molar-refractivity contribution in [3.05, 3.63) is 40.8 Å². The third-order valence-corrected chi connectivity index (χ3v) is 6.96. The van der Waals surface area contributed by atoms with Crippen molar-refractivity contribution in [2.24, 2.45) is 0 Å². The van der Waals surface area contributed by atoms with E-state index in [1.807, 2.05) is 26.8 Å². The van der Waals surface area contributed by atoms with Gasteiger partial charge < -0.3 is 9.26 Å². The van der Waals surface area contributed by atoms with Gasteiger partial charge in [-0.3, -0.25) is 4.90 Å². The van der Waals surface area contributed by atoms with Crippen molar-refractivity contribution in [3.8, 4) is 5.75 Å². The molecule has 148 valence electrons. The Kier molecular flexibility index (Phi) is 5.88. The quantitative estimate of drug-likeness (QED) is 0.777. The number of sulfonamides is 1. The van der Waals surface area contributed by atoms with Gasteiger partial charge in [0.15, 0.2) is 0 Å². The molecular weight excluding hydrogens is 366 g/mol. The minimum Gasteiger partial charge on any atom is -0.496 e. The summed E-state index contributed by atoms with van der Waals surface area (Å²) in [5.41, 5.74) is 2.40. The highest BCUT2D eigenvalue weighted by molar-refractivity contribution is 7.89. The molecule has 0 atom stereocenters. The summed E-state index contributed by atoms with van der Waals surface area (Å²) in [5.74, 6) is 1.49. The van der Waals surface area contributed by atoms with Crippen molar-refractivity contribution < 1.29 is 17.7 Å². The number of hydrogen-bond acceptors (Lipinski definition) is 6. The van der Waals surface area contributed by atoms with Gasteiger partial charge in [-0.25, -0.2) is 8.42 Å². The largest absolute Gasteiger partial charge is 0.496 e. The molecule has 2 aromatic rings. The first-order valence-electron chi connectivity index (χ1n) is 9.11. The second-order valence-electron chi connectivity index (χ2n) is 7.05.